The maximum Gasteiger partial charge on any atom is 0.148 e. The minimum atomic E-state index is -0.111. The van der Waals surface area contributed by atoms with Crippen molar-refractivity contribution in [1.29, 1.82) is 0 Å². The van der Waals surface area contributed by atoms with Gasteiger partial charge in [-0.2, -0.15) is 0 Å². The first-order chi connectivity index (χ1) is 28.7. The smallest absolute Gasteiger partial charge is 0.148 e. The number of ether oxygens (including phenoxy) is 1. The number of aryl methyl sites for hydroxylation is 1. The van der Waals surface area contributed by atoms with E-state index in [-0.39, 0.29) is 18.2 Å². The number of rotatable bonds is 6. The van der Waals surface area contributed by atoms with Gasteiger partial charge in [-0.15, -0.1) is 11.3 Å². The molecule has 0 bridgehead atoms. The van der Waals surface area contributed by atoms with E-state index in [0.29, 0.717) is 5.92 Å². The van der Waals surface area contributed by atoms with Crippen LogP contribution in [-0.2, 0) is 12.8 Å². The summed E-state index contributed by atoms with van der Waals surface area (Å²) in [6, 6.07) is 46.8. The molecule has 5 aromatic carbocycles. The number of aromatic nitrogens is 1. The normalized spacial score (nSPS) is 21.4. The summed E-state index contributed by atoms with van der Waals surface area (Å²) in [5.74, 6) is 1.32. The van der Waals surface area contributed by atoms with E-state index in [9.17, 15) is 0 Å². The number of anilines is 1. The lowest BCUT2D eigenvalue weighted by molar-refractivity contribution is 0.249. The summed E-state index contributed by atoms with van der Waals surface area (Å²) in [6.45, 7) is 0. The lowest BCUT2D eigenvalue weighted by Crippen LogP contribution is -2.51. The van der Waals surface area contributed by atoms with Crippen molar-refractivity contribution in [1.82, 2.24) is 4.57 Å². The van der Waals surface area contributed by atoms with Gasteiger partial charge in [-0.25, -0.2) is 0 Å². The third-order valence-corrected chi connectivity index (χ3v) is 14.2. The highest BCUT2D eigenvalue weighted by atomic mass is 32.1. The average Bonchev–Trinajstić information content (AvgIpc) is 3.96. The summed E-state index contributed by atoms with van der Waals surface area (Å²) in [5.41, 5.74) is 14.4. The molecule has 0 N–H and O–H groups in total. The molecular formula is C54H42N2OS. The van der Waals surface area contributed by atoms with Gasteiger partial charge in [0, 0.05) is 49.8 Å². The second kappa shape index (κ2) is 13.6. The van der Waals surface area contributed by atoms with Crippen molar-refractivity contribution < 1.29 is 4.74 Å². The second-order valence-corrected chi connectivity index (χ2v) is 17.3. The molecule has 1 aliphatic heterocycles. The van der Waals surface area contributed by atoms with Crippen molar-refractivity contribution in [3.8, 4) is 11.4 Å². The average molecular weight is 767 g/mol. The van der Waals surface area contributed by atoms with Crippen LogP contribution in [0.25, 0.3) is 50.0 Å². The molecule has 4 heteroatoms. The van der Waals surface area contributed by atoms with Gasteiger partial charge in [0.15, 0.2) is 0 Å². The van der Waals surface area contributed by atoms with E-state index in [1.807, 2.05) is 11.3 Å². The zero-order chi connectivity index (χ0) is 38.2. The SMILES string of the molecule is C1=CCC(C2=CC(N(c3ccc(C4=Cc5c(c6ccccc6n5-c5ccccc5)CC4)cc3)C3C=Cc4c(sc5ccccc45)C3)C3Oc4ccccc4C3=C2)C=C1. The minimum Gasteiger partial charge on any atom is -0.483 e. The molecule has 0 spiro atoms. The van der Waals surface area contributed by atoms with Gasteiger partial charge < -0.3 is 14.2 Å². The molecule has 0 saturated heterocycles. The first kappa shape index (κ1) is 33.7. The van der Waals surface area contributed by atoms with Gasteiger partial charge in [-0.3, -0.25) is 0 Å². The lowest BCUT2D eigenvalue weighted by Gasteiger charge is -2.43. The lowest BCUT2D eigenvalue weighted by atomic mass is 9.81. The van der Waals surface area contributed by atoms with Crippen LogP contribution in [0.1, 0.15) is 45.7 Å². The molecule has 0 radical (unpaired) electrons. The van der Waals surface area contributed by atoms with Crippen LogP contribution in [0.15, 0.2) is 175 Å². The Labute approximate surface area is 343 Å². The maximum absolute atomic E-state index is 6.98. The second-order valence-electron chi connectivity index (χ2n) is 16.2. The number of benzene rings is 5. The molecule has 3 nitrogen and oxygen atoms in total. The minimum absolute atomic E-state index is 0.00355. The van der Waals surface area contributed by atoms with Gasteiger partial charge in [0.1, 0.15) is 11.9 Å². The van der Waals surface area contributed by atoms with Crippen LogP contribution < -0.4 is 9.64 Å². The predicted octanol–water partition coefficient (Wildman–Crippen LogP) is 13.1. The number of fused-ring (bicyclic) bond motifs is 9. The molecule has 7 aromatic rings. The van der Waals surface area contributed by atoms with Crippen LogP contribution in [-0.4, -0.2) is 22.8 Å². The van der Waals surface area contributed by atoms with Crippen molar-refractivity contribution in [3.63, 3.8) is 0 Å². The number of nitrogens with zero attached hydrogens (tertiary/aromatic N) is 2. The van der Waals surface area contributed by atoms with Crippen molar-refractivity contribution in [3.05, 3.63) is 208 Å². The molecule has 280 valence electrons. The summed E-state index contributed by atoms with van der Waals surface area (Å²) in [4.78, 5) is 4.14. The Balaban J connectivity index is 0.968. The van der Waals surface area contributed by atoms with E-state index in [1.165, 1.54) is 81.9 Å². The molecule has 12 rings (SSSR count). The Morgan fingerprint density at radius 3 is 2.41 bits per heavy atom. The summed E-state index contributed by atoms with van der Waals surface area (Å²) < 4.78 is 10.8. The third-order valence-electron chi connectivity index (χ3n) is 13.0. The van der Waals surface area contributed by atoms with Crippen LogP contribution in [0.5, 0.6) is 5.75 Å². The van der Waals surface area contributed by atoms with Crippen LogP contribution in [0.3, 0.4) is 0 Å². The fourth-order valence-corrected chi connectivity index (χ4v) is 11.5. The molecule has 0 saturated carbocycles. The van der Waals surface area contributed by atoms with Gasteiger partial charge in [0.05, 0.1) is 23.3 Å². The molecular weight excluding hydrogens is 725 g/mol. The zero-order valence-electron chi connectivity index (χ0n) is 32.2. The van der Waals surface area contributed by atoms with Gasteiger partial charge >= 0.3 is 0 Å². The Morgan fingerprint density at radius 2 is 1.53 bits per heavy atom. The van der Waals surface area contributed by atoms with E-state index >= 15 is 0 Å². The molecule has 0 fully saturated rings. The Morgan fingerprint density at radius 1 is 0.724 bits per heavy atom. The van der Waals surface area contributed by atoms with E-state index < -0.39 is 0 Å². The first-order valence-electron chi connectivity index (χ1n) is 20.7. The van der Waals surface area contributed by atoms with E-state index in [1.54, 1.807) is 0 Å². The number of hydrogen-bond donors (Lipinski definition) is 0. The zero-order valence-corrected chi connectivity index (χ0v) is 33.0. The number of thiophene rings is 1. The van der Waals surface area contributed by atoms with Gasteiger partial charge in [0.2, 0.25) is 0 Å². The van der Waals surface area contributed by atoms with E-state index in [0.717, 1.165) is 31.4 Å². The number of hydrogen-bond acceptors (Lipinski definition) is 3. The van der Waals surface area contributed by atoms with Crippen LogP contribution in [0.4, 0.5) is 5.69 Å². The molecule has 58 heavy (non-hydrogen) atoms. The first-order valence-corrected chi connectivity index (χ1v) is 21.6. The molecule has 3 heterocycles. The maximum atomic E-state index is 6.98. The van der Waals surface area contributed by atoms with Crippen molar-refractivity contribution in [2.75, 3.05) is 4.90 Å². The van der Waals surface area contributed by atoms with E-state index in [2.05, 4.69) is 192 Å². The quantitative estimate of drug-likeness (QED) is 0.168. The summed E-state index contributed by atoms with van der Waals surface area (Å²) >= 11 is 1.95. The molecule has 0 amide bonds. The molecule has 2 aromatic heterocycles. The Kier molecular flexibility index (Phi) is 7.94. The fraction of sp³-hybridized carbons (Fsp3) is 0.148. The highest BCUT2D eigenvalue weighted by molar-refractivity contribution is 7.19. The predicted molar refractivity (Wildman–Crippen MR) is 244 cm³/mol. The van der Waals surface area contributed by atoms with Gasteiger partial charge in [-0.1, -0.05) is 134 Å². The third kappa shape index (κ3) is 5.46. The summed E-state index contributed by atoms with van der Waals surface area (Å²) in [7, 11) is 0. The van der Waals surface area contributed by atoms with Crippen LogP contribution in [0.2, 0.25) is 0 Å². The summed E-state index contributed by atoms with van der Waals surface area (Å²) in [6.07, 6.45) is 25.2. The van der Waals surface area contributed by atoms with Crippen LogP contribution in [0, 0.1) is 5.92 Å². The topological polar surface area (TPSA) is 17.4 Å². The molecule has 5 aliphatic rings. The fourth-order valence-electron chi connectivity index (χ4n) is 10.2. The molecule has 4 aliphatic carbocycles. The number of para-hydroxylation sites is 3. The van der Waals surface area contributed by atoms with Crippen molar-refractivity contribution >= 4 is 61.3 Å². The van der Waals surface area contributed by atoms with E-state index in [4.69, 9.17) is 4.74 Å². The largest absolute Gasteiger partial charge is 0.483 e. The Bertz CT molecular complexity index is 2950. The van der Waals surface area contributed by atoms with Crippen molar-refractivity contribution in [2.45, 2.75) is 43.9 Å². The molecule has 4 unspecified atom stereocenters. The standard InChI is InChI=1S/C54H42N2OS/c1-3-13-35(14-4-1)38-31-47-44-18-8-11-21-51(44)57-54(47)50(33-38)55(41-28-30-46-45-19-9-12-22-52(45)58-53(46)34-41)40-26-23-36(24-27-40)37-25-29-43-42-17-7-10-20-48(42)56(49(43)32-37)39-15-5-2-6-16-39/h1-13,15-24,26-28,30-33,35,41,50,54H,14,25,29,34H2. The number of allylic oxidation sites excluding steroid dienone is 7. The monoisotopic (exact) mass is 766 g/mol. The van der Waals surface area contributed by atoms with Gasteiger partial charge in [-0.05, 0) is 101 Å². The highest BCUT2D eigenvalue weighted by Crippen LogP contribution is 2.47. The van der Waals surface area contributed by atoms with Gasteiger partial charge in [0.25, 0.3) is 0 Å². The van der Waals surface area contributed by atoms with Crippen molar-refractivity contribution in [2.24, 2.45) is 5.92 Å². The molecule has 4 atom stereocenters. The summed E-state index contributed by atoms with van der Waals surface area (Å²) in [5, 5.41) is 2.72. The Hall–Kier alpha value is -6.36. The highest BCUT2D eigenvalue weighted by Gasteiger charge is 2.42. The van der Waals surface area contributed by atoms with Crippen LogP contribution >= 0.6 is 11.3 Å².